The fraction of sp³-hybridized carbons (Fsp3) is 0.211. The zero-order valence-corrected chi connectivity index (χ0v) is 15.4. The Balaban J connectivity index is 2.00. The van der Waals surface area contributed by atoms with Crippen LogP contribution in [0.25, 0.3) is 6.08 Å². The molecule has 0 spiro atoms. The number of fused-ring (bicyclic) bond motifs is 1. The molecule has 9 nitrogen and oxygen atoms in total. The molecule has 1 aliphatic heterocycles. The van der Waals surface area contributed by atoms with E-state index in [4.69, 9.17) is 23.7 Å². The summed E-state index contributed by atoms with van der Waals surface area (Å²) >= 11 is 0. The maximum atomic E-state index is 12.8. The average molecular weight is 387 g/mol. The van der Waals surface area contributed by atoms with Gasteiger partial charge in [-0.2, -0.15) is 0 Å². The van der Waals surface area contributed by atoms with Crippen molar-refractivity contribution in [3.8, 4) is 28.7 Å². The number of hydrogen-bond acceptors (Lipinski definition) is 8. The highest BCUT2D eigenvalue weighted by molar-refractivity contribution is 6.11. The van der Waals surface area contributed by atoms with E-state index < -0.39 is 10.7 Å². The number of allylic oxidation sites excluding steroid dienone is 1. The number of carbonyl (C=O) groups is 1. The van der Waals surface area contributed by atoms with Crippen LogP contribution < -0.4 is 23.7 Å². The first kappa shape index (κ1) is 19.0. The Bertz CT molecular complexity index is 942. The summed E-state index contributed by atoms with van der Waals surface area (Å²) in [5.41, 5.74) is 0.168. The molecule has 0 fully saturated rings. The van der Waals surface area contributed by atoms with Crippen molar-refractivity contribution in [2.45, 2.75) is 0 Å². The Hall–Kier alpha value is -3.75. The third kappa shape index (κ3) is 3.54. The SMILES string of the molecule is COc1cc(OC)c(C(=O)C=Cc2cc3c(cc2[N+](=O)[O-])OCO3)c(OC)c1. The zero-order chi connectivity index (χ0) is 20.3. The van der Waals surface area contributed by atoms with Gasteiger partial charge >= 0.3 is 0 Å². The smallest absolute Gasteiger partial charge is 0.280 e. The Morgan fingerprint density at radius 2 is 1.64 bits per heavy atom. The molecule has 0 aliphatic carbocycles. The third-order valence-corrected chi connectivity index (χ3v) is 4.09. The molecule has 0 saturated heterocycles. The lowest BCUT2D eigenvalue weighted by atomic mass is 10.1. The minimum absolute atomic E-state index is 0.0150. The van der Waals surface area contributed by atoms with Crippen LogP contribution in [0.4, 0.5) is 5.69 Å². The van der Waals surface area contributed by atoms with Crippen molar-refractivity contribution < 1.29 is 33.4 Å². The van der Waals surface area contributed by atoms with Gasteiger partial charge in [0, 0.05) is 12.1 Å². The van der Waals surface area contributed by atoms with E-state index in [0.717, 1.165) is 0 Å². The maximum Gasteiger partial charge on any atom is 0.280 e. The van der Waals surface area contributed by atoms with Gasteiger partial charge in [0.25, 0.3) is 5.69 Å². The average Bonchev–Trinajstić information content (AvgIpc) is 3.17. The van der Waals surface area contributed by atoms with E-state index in [1.807, 2.05) is 0 Å². The molecule has 0 saturated carbocycles. The molecule has 9 heteroatoms. The molecule has 0 N–H and O–H groups in total. The summed E-state index contributed by atoms with van der Waals surface area (Å²) in [5, 5.41) is 11.3. The number of rotatable bonds is 7. The molecule has 0 amide bonds. The van der Waals surface area contributed by atoms with Crippen LogP contribution in [0.2, 0.25) is 0 Å². The Kier molecular flexibility index (Phi) is 5.35. The van der Waals surface area contributed by atoms with Gasteiger partial charge in [-0.05, 0) is 18.2 Å². The maximum absolute atomic E-state index is 12.8. The number of nitro benzene ring substituents is 1. The van der Waals surface area contributed by atoms with Crippen molar-refractivity contribution >= 4 is 17.5 Å². The predicted octanol–water partition coefficient (Wildman–Crippen LogP) is 3.25. The van der Waals surface area contributed by atoms with E-state index in [1.165, 1.54) is 45.6 Å². The number of carbonyl (C=O) groups excluding carboxylic acids is 1. The van der Waals surface area contributed by atoms with Gasteiger partial charge < -0.3 is 23.7 Å². The number of benzene rings is 2. The van der Waals surface area contributed by atoms with Crippen LogP contribution in [0.1, 0.15) is 15.9 Å². The van der Waals surface area contributed by atoms with Gasteiger partial charge in [-0.3, -0.25) is 14.9 Å². The van der Waals surface area contributed by atoms with E-state index in [9.17, 15) is 14.9 Å². The van der Waals surface area contributed by atoms with Gasteiger partial charge in [0.2, 0.25) is 6.79 Å². The van der Waals surface area contributed by atoms with Gasteiger partial charge in [0.05, 0.1) is 37.9 Å². The fourth-order valence-corrected chi connectivity index (χ4v) is 2.74. The van der Waals surface area contributed by atoms with Crippen LogP contribution in [0.5, 0.6) is 28.7 Å². The highest BCUT2D eigenvalue weighted by atomic mass is 16.7. The number of hydrogen-bond donors (Lipinski definition) is 0. The van der Waals surface area contributed by atoms with Crippen LogP contribution >= 0.6 is 0 Å². The summed E-state index contributed by atoms with van der Waals surface area (Å²) in [6.45, 7) is -0.0150. The first-order chi connectivity index (χ1) is 13.5. The first-order valence-corrected chi connectivity index (χ1v) is 8.09. The van der Waals surface area contributed by atoms with Crippen molar-refractivity contribution in [1.82, 2.24) is 0 Å². The molecule has 1 heterocycles. The standard InChI is InChI=1S/C19H17NO8/c1-24-12-7-17(25-2)19(18(8-12)26-3)14(21)5-4-11-6-15-16(28-10-27-15)9-13(11)20(22)23/h4-9H,10H2,1-3H3. The number of nitro groups is 1. The van der Waals surface area contributed by atoms with Gasteiger partial charge in [0.1, 0.15) is 22.8 Å². The minimum atomic E-state index is -0.555. The Morgan fingerprint density at radius 3 is 2.18 bits per heavy atom. The number of methoxy groups -OCH3 is 3. The molecule has 28 heavy (non-hydrogen) atoms. The summed E-state index contributed by atoms with van der Waals surface area (Å²) in [6.07, 6.45) is 2.54. The number of ketones is 1. The summed E-state index contributed by atoms with van der Waals surface area (Å²) in [4.78, 5) is 23.6. The summed E-state index contributed by atoms with van der Waals surface area (Å²) < 4.78 is 26.1. The zero-order valence-electron chi connectivity index (χ0n) is 15.4. The number of ether oxygens (including phenoxy) is 5. The first-order valence-electron chi connectivity index (χ1n) is 8.09. The second-order valence-electron chi connectivity index (χ2n) is 5.63. The van der Waals surface area contributed by atoms with Crippen molar-refractivity contribution in [2.24, 2.45) is 0 Å². The van der Waals surface area contributed by atoms with Crippen molar-refractivity contribution in [3.05, 3.63) is 51.6 Å². The van der Waals surface area contributed by atoms with Gasteiger partial charge in [-0.25, -0.2) is 0 Å². The molecule has 0 radical (unpaired) electrons. The van der Waals surface area contributed by atoms with Crippen molar-refractivity contribution in [1.29, 1.82) is 0 Å². The molecule has 0 atom stereocenters. The van der Waals surface area contributed by atoms with E-state index in [2.05, 4.69) is 0 Å². The van der Waals surface area contributed by atoms with Crippen LogP contribution in [0.3, 0.4) is 0 Å². The minimum Gasteiger partial charge on any atom is -0.496 e. The van der Waals surface area contributed by atoms with Crippen LogP contribution in [0, 0.1) is 10.1 Å². The lowest BCUT2D eigenvalue weighted by molar-refractivity contribution is -0.385. The summed E-state index contributed by atoms with van der Waals surface area (Å²) in [5.74, 6) is 1.17. The molecule has 1 aliphatic rings. The van der Waals surface area contributed by atoms with Gasteiger partial charge in [0.15, 0.2) is 17.3 Å². The van der Waals surface area contributed by atoms with Crippen LogP contribution in [-0.4, -0.2) is 38.8 Å². The molecular formula is C19H17NO8. The lowest BCUT2D eigenvalue weighted by Gasteiger charge is -2.13. The normalized spacial score (nSPS) is 12.1. The number of nitrogens with zero attached hydrogens (tertiary/aromatic N) is 1. The van der Waals surface area contributed by atoms with Crippen LogP contribution in [0.15, 0.2) is 30.3 Å². The largest absolute Gasteiger partial charge is 0.496 e. The van der Waals surface area contributed by atoms with E-state index in [-0.39, 0.29) is 40.9 Å². The van der Waals surface area contributed by atoms with Gasteiger partial charge in [-0.1, -0.05) is 0 Å². The van der Waals surface area contributed by atoms with Gasteiger partial charge in [-0.15, -0.1) is 0 Å². The predicted molar refractivity (Wildman–Crippen MR) is 98.7 cm³/mol. The molecule has 2 aromatic rings. The second-order valence-corrected chi connectivity index (χ2v) is 5.63. The Labute approximate surface area is 160 Å². The molecule has 3 rings (SSSR count). The highest BCUT2D eigenvalue weighted by Gasteiger charge is 2.23. The highest BCUT2D eigenvalue weighted by Crippen LogP contribution is 2.39. The molecule has 146 valence electrons. The molecular weight excluding hydrogens is 370 g/mol. The van der Waals surface area contributed by atoms with E-state index in [1.54, 1.807) is 12.1 Å². The molecule has 0 bridgehead atoms. The van der Waals surface area contributed by atoms with Crippen molar-refractivity contribution in [2.75, 3.05) is 28.1 Å². The van der Waals surface area contributed by atoms with E-state index in [0.29, 0.717) is 11.5 Å². The quantitative estimate of drug-likeness (QED) is 0.308. The monoisotopic (exact) mass is 387 g/mol. The van der Waals surface area contributed by atoms with Crippen molar-refractivity contribution in [3.63, 3.8) is 0 Å². The topological polar surface area (TPSA) is 106 Å². The van der Waals surface area contributed by atoms with E-state index >= 15 is 0 Å². The second kappa shape index (κ2) is 7.87. The summed E-state index contributed by atoms with van der Waals surface area (Å²) in [6, 6.07) is 5.81. The van der Waals surface area contributed by atoms with Crippen LogP contribution in [-0.2, 0) is 0 Å². The lowest BCUT2D eigenvalue weighted by Crippen LogP contribution is -2.03. The summed E-state index contributed by atoms with van der Waals surface area (Å²) in [7, 11) is 4.31. The third-order valence-electron chi connectivity index (χ3n) is 4.09. The fourth-order valence-electron chi connectivity index (χ4n) is 2.74. The Morgan fingerprint density at radius 1 is 1.04 bits per heavy atom. The molecule has 0 aromatic heterocycles. The molecule has 0 unspecified atom stereocenters. The molecule has 2 aromatic carbocycles.